The van der Waals surface area contributed by atoms with Crippen molar-refractivity contribution in [3.05, 3.63) is 48.0 Å². The van der Waals surface area contributed by atoms with Crippen LogP contribution in [0.3, 0.4) is 0 Å². The molecule has 0 aromatic carbocycles. The van der Waals surface area contributed by atoms with E-state index in [0.29, 0.717) is 6.42 Å². The topological polar surface area (TPSA) is 54.5 Å². The highest BCUT2D eigenvalue weighted by Gasteiger charge is 2.14. The summed E-state index contributed by atoms with van der Waals surface area (Å²) in [6.07, 6.45) is 5.82. The minimum atomic E-state index is -0.0973. The van der Waals surface area contributed by atoms with Crippen LogP contribution in [0.2, 0.25) is 0 Å². The van der Waals surface area contributed by atoms with Crippen molar-refractivity contribution >= 4 is 0 Å². The van der Waals surface area contributed by atoms with E-state index in [9.17, 15) is 0 Å². The fourth-order valence-electron chi connectivity index (χ4n) is 1.60. The van der Waals surface area contributed by atoms with Gasteiger partial charge in [-0.15, -0.1) is 0 Å². The predicted octanol–water partition coefficient (Wildman–Crippen LogP) is 2.09. The summed E-state index contributed by atoms with van der Waals surface area (Å²) in [5.74, 6) is 0. The van der Waals surface area contributed by atoms with Crippen molar-refractivity contribution < 1.29 is 0 Å². The zero-order valence-electron chi connectivity index (χ0n) is 9.04. The molecule has 0 fully saturated rings. The quantitative estimate of drug-likeness (QED) is 0.782. The van der Waals surface area contributed by atoms with E-state index in [1.165, 1.54) is 0 Å². The lowest BCUT2D eigenvalue weighted by Gasteiger charge is -2.13. The van der Waals surface area contributed by atoms with Gasteiger partial charge in [-0.1, -0.05) is 6.07 Å². The van der Waals surface area contributed by atoms with Crippen LogP contribution < -0.4 is 0 Å². The number of hydrogen-bond acceptors (Lipinski definition) is 3. The predicted molar refractivity (Wildman–Crippen MR) is 59.6 cm³/mol. The molecule has 0 saturated carbocycles. The highest BCUT2D eigenvalue weighted by molar-refractivity contribution is 5.13. The number of aromatic nitrogens is 3. The first-order chi connectivity index (χ1) is 7.81. The highest BCUT2D eigenvalue weighted by atomic mass is 15.3. The third-order valence-electron chi connectivity index (χ3n) is 2.36. The van der Waals surface area contributed by atoms with E-state index >= 15 is 0 Å². The Balaban J connectivity index is 2.35. The fourth-order valence-corrected chi connectivity index (χ4v) is 1.60. The minimum absolute atomic E-state index is 0.0973. The molecule has 1 unspecified atom stereocenters. The molecule has 2 heterocycles. The summed E-state index contributed by atoms with van der Waals surface area (Å²) in [5, 5.41) is 13.1. The van der Waals surface area contributed by atoms with Gasteiger partial charge in [0.05, 0.1) is 24.4 Å². The van der Waals surface area contributed by atoms with Crippen LogP contribution in [0.1, 0.15) is 23.7 Å². The molecule has 0 amide bonds. The molecular weight excluding hydrogens is 200 g/mol. The second-order valence-corrected chi connectivity index (χ2v) is 3.63. The van der Waals surface area contributed by atoms with Crippen molar-refractivity contribution in [1.29, 1.82) is 5.26 Å². The molecule has 0 bridgehead atoms. The van der Waals surface area contributed by atoms with Gasteiger partial charge in [0.25, 0.3) is 0 Å². The molecule has 0 spiro atoms. The first-order valence-corrected chi connectivity index (χ1v) is 5.10. The fraction of sp³-hybridized carbons (Fsp3) is 0.250. The largest absolute Gasteiger partial charge is 0.262 e. The summed E-state index contributed by atoms with van der Waals surface area (Å²) >= 11 is 0. The maximum absolute atomic E-state index is 8.85. The summed E-state index contributed by atoms with van der Waals surface area (Å²) in [7, 11) is 0. The SMILES string of the molecule is Cc1cnn(C(CC#N)c2ccccn2)c1. The van der Waals surface area contributed by atoms with E-state index in [-0.39, 0.29) is 6.04 Å². The summed E-state index contributed by atoms with van der Waals surface area (Å²) in [6, 6.07) is 7.77. The second-order valence-electron chi connectivity index (χ2n) is 3.63. The average molecular weight is 212 g/mol. The van der Waals surface area contributed by atoms with Gasteiger partial charge in [-0.25, -0.2) is 0 Å². The van der Waals surface area contributed by atoms with Crippen molar-refractivity contribution in [2.75, 3.05) is 0 Å². The monoisotopic (exact) mass is 212 g/mol. The van der Waals surface area contributed by atoms with Crippen molar-refractivity contribution in [2.24, 2.45) is 0 Å². The summed E-state index contributed by atoms with van der Waals surface area (Å²) in [6.45, 7) is 1.98. The maximum atomic E-state index is 8.85. The zero-order chi connectivity index (χ0) is 11.4. The van der Waals surface area contributed by atoms with Gasteiger partial charge < -0.3 is 0 Å². The lowest BCUT2D eigenvalue weighted by atomic mass is 10.1. The van der Waals surface area contributed by atoms with E-state index in [1.807, 2.05) is 31.3 Å². The Kier molecular flexibility index (Phi) is 2.97. The molecule has 0 aliphatic carbocycles. The normalized spacial score (nSPS) is 12.0. The van der Waals surface area contributed by atoms with Gasteiger partial charge in [0.15, 0.2) is 0 Å². The van der Waals surface area contributed by atoms with Crippen molar-refractivity contribution in [3.8, 4) is 6.07 Å². The molecular formula is C12H12N4. The highest BCUT2D eigenvalue weighted by Crippen LogP contribution is 2.18. The zero-order valence-corrected chi connectivity index (χ0v) is 9.04. The van der Waals surface area contributed by atoms with Crippen LogP contribution in [0.4, 0.5) is 0 Å². The van der Waals surface area contributed by atoms with Crippen LogP contribution in [0.15, 0.2) is 36.8 Å². The third kappa shape index (κ3) is 2.09. The lowest BCUT2D eigenvalue weighted by molar-refractivity contribution is 0.520. The smallest absolute Gasteiger partial charge is 0.107 e. The average Bonchev–Trinajstić information content (AvgIpc) is 2.74. The van der Waals surface area contributed by atoms with Crippen LogP contribution in [0, 0.1) is 18.3 Å². The molecule has 2 rings (SSSR count). The van der Waals surface area contributed by atoms with Gasteiger partial charge >= 0.3 is 0 Å². The van der Waals surface area contributed by atoms with Crippen molar-refractivity contribution in [1.82, 2.24) is 14.8 Å². The molecule has 0 radical (unpaired) electrons. The van der Waals surface area contributed by atoms with Gasteiger partial charge in [0.2, 0.25) is 0 Å². The van der Waals surface area contributed by atoms with Gasteiger partial charge in [-0.3, -0.25) is 9.67 Å². The van der Waals surface area contributed by atoms with Gasteiger partial charge in [0.1, 0.15) is 6.04 Å². The molecule has 16 heavy (non-hydrogen) atoms. The molecule has 0 saturated heterocycles. The second kappa shape index (κ2) is 4.58. The van der Waals surface area contributed by atoms with Crippen molar-refractivity contribution in [2.45, 2.75) is 19.4 Å². The Labute approximate surface area is 94.2 Å². The molecule has 0 aliphatic rings. The first kappa shape index (κ1) is 10.4. The Morgan fingerprint density at radius 1 is 1.50 bits per heavy atom. The Morgan fingerprint density at radius 3 is 2.94 bits per heavy atom. The standard InChI is InChI=1S/C12H12N4/c1-10-8-15-16(9-10)12(5-6-13)11-4-2-3-7-14-11/h2-4,7-9,12H,5H2,1H3. The number of aryl methyl sites for hydroxylation is 1. The van der Waals surface area contributed by atoms with Gasteiger partial charge in [0, 0.05) is 12.4 Å². The van der Waals surface area contributed by atoms with E-state index in [2.05, 4.69) is 16.2 Å². The Bertz CT molecular complexity index is 495. The number of nitriles is 1. The van der Waals surface area contributed by atoms with E-state index in [4.69, 9.17) is 5.26 Å². The number of pyridine rings is 1. The van der Waals surface area contributed by atoms with Crippen LogP contribution in [0.5, 0.6) is 0 Å². The van der Waals surface area contributed by atoms with Crippen LogP contribution in [-0.4, -0.2) is 14.8 Å². The Hall–Kier alpha value is -2.15. The number of rotatable bonds is 3. The van der Waals surface area contributed by atoms with E-state index in [0.717, 1.165) is 11.3 Å². The molecule has 2 aromatic rings. The molecule has 4 nitrogen and oxygen atoms in total. The van der Waals surface area contributed by atoms with Crippen molar-refractivity contribution in [3.63, 3.8) is 0 Å². The molecule has 0 N–H and O–H groups in total. The molecule has 80 valence electrons. The molecule has 0 aliphatic heterocycles. The van der Waals surface area contributed by atoms with E-state index in [1.54, 1.807) is 17.1 Å². The first-order valence-electron chi connectivity index (χ1n) is 5.10. The van der Waals surface area contributed by atoms with Crippen LogP contribution in [0.25, 0.3) is 0 Å². The van der Waals surface area contributed by atoms with E-state index < -0.39 is 0 Å². The van der Waals surface area contributed by atoms with Crippen LogP contribution in [-0.2, 0) is 0 Å². The molecule has 4 heteroatoms. The molecule has 2 aromatic heterocycles. The maximum Gasteiger partial charge on any atom is 0.107 e. The number of nitrogens with zero attached hydrogens (tertiary/aromatic N) is 4. The summed E-state index contributed by atoms with van der Waals surface area (Å²) in [4.78, 5) is 4.27. The third-order valence-corrected chi connectivity index (χ3v) is 2.36. The van der Waals surface area contributed by atoms with Gasteiger partial charge in [-0.05, 0) is 24.6 Å². The minimum Gasteiger partial charge on any atom is -0.262 e. The summed E-state index contributed by atoms with van der Waals surface area (Å²) < 4.78 is 1.79. The summed E-state index contributed by atoms with van der Waals surface area (Å²) in [5.41, 5.74) is 1.95. The number of hydrogen-bond donors (Lipinski definition) is 0. The van der Waals surface area contributed by atoms with Crippen LogP contribution >= 0.6 is 0 Å². The van der Waals surface area contributed by atoms with Gasteiger partial charge in [-0.2, -0.15) is 10.4 Å². The Morgan fingerprint density at radius 2 is 2.38 bits per heavy atom. The lowest BCUT2D eigenvalue weighted by Crippen LogP contribution is -2.12. The molecule has 1 atom stereocenters.